The van der Waals surface area contributed by atoms with E-state index in [1.807, 2.05) is 25.1 Å². The third kappa shape index (κ3) is 2.65. The molecule has 7 nitrogen and oxygen atoms in total. The maximum Gasteiger partial charge on any atom is 0.246 e. The van der Waals surface area contributed by atoms with Crippen LogP contribution in [0.25, 0.3) is 11.4 Å². The Labute approximate surface area is 121 Å². The molecule has 1 aliphatic rings. The summed E-state index contributed by atoms with van der Waals surface area (Å²) in [5.41, 5.74) is 6.48. The SMILES string of the molecule is Cc1nc(-c2ccccc2NC(=O)C2(N)CCOC2)n[nH]1. The number of anilines is 1. The number of carbonyl (C=O) groups is 1. The first-order valence-corrected chi connectivity index (χ1v) is 6.75. The van der Waals surface area contributed by atoms with Gasteiger partial charge in [0, 0.05) is 12.2 Å². The molecular formula is C14H17N5O2. The molecule has 0 radical (unpaired) electrons. The maximum absolute atomic E-state index is 12.4. The molecule has 1 aromatic heterocycles. The number of H-pyrrole nitrogens is 1. The van der Waals surface area contributed by atoms with Gasteiger partial charge in [0.05, 0.1) is 12.3 Å². The van der Waals surface area contributed by atoms with Crippen LogP contribution >= 0.6 is 0 Å². The van der Waals surface area contributed by atoms with Crippen molar-refractivity contribution in [2.75, 3.05) is 18.5 Å². The van der Waals surface area contributed by atoms with E-state index in [9.17, 15) is 4.79 Å². The van der Waals surface area contributed by atoms with Crippen molar-refractivity contribution in [1.82, 2.24) is 15.2 Å². The Morgan fingerprint density at radius 1 is 1.48 bits per heavy atom. The van der Waals surface area contributed by atoms with Crippen LogP contribution < -0.4 is 11.1 Å². The monoisotopic (exact) mass is 287 g/mol. The summed E-state index contributed by atoms with van der Waals surface area (Å²) < 4.78 is 5.22. The van der Waals surface area contributed by atoms with Gasteiger partial charge >= 0.3 is 0 Å². The molecule has 1 aliphatic heterocycles. The number of hydrogen-bond acceptors (Lipinski definition) is 5. The molecule has 0 aliphatic carbocycles. The van der Waals surface area contributed by atoms with E-state index in [4.69, 9.17) is 10.5 Å². The highest BCUT2D eigenvalue weighted by molar-refractivity contribution is 6.00. The van der Waals surface area contributed by atoms with Crippen molar-refractivity contribution in [1.29, 1.82) is 0 Å². The molecule has 0 spiro atoms. The summed E-state index contributed by atoms with van der Waals surface area (Å²) in [4.78, 5) is 16.7. The Balaban J connectivity index is 1.87. The summed E-state index contributed by atoms with van der Waals surface area (Å²) in [6, 6.07) is 7.37. The minimum Gasteiger partial charge on any atom is -0.379 e. The van der Waals surface area contributed by atoms with Crippen molar-refractivity contribution in [3.05, 3.63) is 30.1 Å². The predicted octanol–water partition coefficient (Wildman–Crippen LogP) is 0.836. The molecular weight excluding hydrogens is 270 g/mol. The van der Waals surface area contributed by atoms with Crippen LogP contribution in [0.2, 0.25) is 0 Å². The summed E-state index contributed by atoms with van der Waals surface area (Å²) in [5.74, 6) is 1.00. The van der Waals surface area contributed by atoms with Crippen molar-refractivity contribution in [3.8, 4) is 11.4 Å². The van der Waals surface area contributed by atoms with Gasteiger partial charge in [-0.1, -0.05) is 12.1 Å². The molecule has 1 amide bonds. The zero-order chi connectivity index (χ0) is 14.9. The van der Waals surface area contributed by atoms with Crippen molar-refractivity contribution in [2.45, 2.75) is 18.9 Å². The molecule has 110 valence electrons. The van der Waals surface area contributed by atoms with Gasteiger partial charge in [-0.05, 0) is 25.5 Å². The number of aromatic amines is 1. The topological polar surface area (TPSA) is 106 Å². The summed E-state index contributed by atoms with van der Waals surface area (Å²) in [5, 5.41) is 9.78. The van der Waals surface area contributed by atoms with Gasteiger partial charge in [-0.25, -0.2) is 4.98 Å². The largest absolute Gasteiger partial charge is 0.379 e. The number of aromatic nitrogens is 3. The Bertz CT molecular complexity index is 661. The lowest BCUT2D eigenvalue weighted by Crippen LogP contribution is -2.51. The highest BCUT2D eigenvalue weighted by atomic mass is 16.5. The second-order valence-corrected chi connectivity index (χ2v) is 5.20. The molecule has 2 aromatic rings. The summed E-state index contributed by atoms with van der Waals surface area (Å²) in [6.07, 6.45) is 0.515. The van der Waals surface area contributed by atoms with E-state index in [1.54, 1.807) is 6.07 Å². The second-order valence-electron chi connectivity index (χ2n) is 5.20. The Hall–Kier alpha value is -2.25. The van der Waals surface area contributed by atoms with Crippen molar-refractivity contribution in [2.24, 2.45) is 5.73 Å². The van der Waals surface area contributed by atoms with Gasteiger partial charge in [0.15, 0.2) is 5.82 Å². The molecule has 1 saturated heterocycles. The first kappa shape index (κ1) is 13.7. The number of ether oxygens (including phenoxy) is 1. The number of nitrogens with one attached hydrogen (secondary N) is 2. The number of hydrogen-bond donors (Lipinski definition) is 3. The quantitative estimate of drug-likeness (QED) is 0.775. The number of carbonyl (C=O) groups excluding carboxylic acids is 1. The van der Waals surface area contributed by atoms with E-state index in [0.29, 0.717) is 30.4 Å². The second kappa shape index (κ2) is 5.27. The summed E-state index contributed by atoms with van der Waals surface area (Å²) in [7, 11) is 0. The lowest BCUT2D eigenvalue weighted by atomic mass is 9.99. The van der Waals surface area contributed by atoms with Gasteiger partial charge in [0.2, 0.25) is 5.91 Å². The molecule has 0 bridgehead atoms. The van der Waals surface area contributed by atoms with Gasteiger partial charge < -0.3 is 15.8 Å². The van der Waals surface area contributed by atoms with Crippen molar-refractivity contribution < 1.29 is 9.53 Å². The highest BCUT2D eigenvalue weighted by Gasteiger charge is 2.38. The number of rotatable bonds is 3. The summed E-state index contributed by atoms with van der Waals surface area (Å²) >= 11 is 0. The fourth-order valence-corrected chi connectivity index (χ4v) is 2.26. The van der Waals surface area contributed by atoms with Gasteiger partial charge in [0.1, 0.15) is 11.4 Å². The molecule has 1 unspecified atom stereocenters. The van der Waals surface area contributed by atoms with Crippen LogP contribution in [-0.4, -0.2) is 39.8 Å². The fraction of sp³-hybridized carbons (Fsp3) is 0.357. The molecule has 7 heteroatoms. The smallest absolute Gasteiger partial charge is 0.246 e. The van der Waals surface area contributed by atoms with E-state index in [1.165, 1.54) is 0 Å². The van der Waals surface area contributed by atoms with Gasteiger partial charge in [-0.2, -0.15) is 5.10 Å². The average molecular weight is 287 g/mol. The van der Waals surface area contributed by atoms with Gasteiger partial charge in [-0.3, -0.25) is 9.89 Å². The van der Waals surface area contributed by atoms with E-state index in [0.717, 1.165) is 5.56 Å². The maximum atomic E-state index is 12.4. The van der Waals surface area contributed by atoms with E-state index >= 15 is 0 Å². The minimum absolute atomic E-state index is 0.237. The molecule has 1 fully saturated rings. The zero-order valence-corrected chi connectivity index (χ0v) is 11.7. The molecule has 4 N–H and O–H groups in total. The fourth-order valence-electron chi connectivity index (χ4n) is 2.26. The number of benzene rings is 1. The lowest BCUT2D eigenvalue weighted by Gasteiger charge is -2.21. The van der Waals surface area contributed by atoms with E-state index < -0.39 is 5.54 Å². The first-order chi connectivity index (χ1) is 10.1. The number of nitrogens with two attached hydrogens (primary N) is 1. The third-order valence-corrected chi connectivity index (χ3v) is 3.52. The zero-order valence-electron chi connectivity index (χ0n) is 11.7. The van der Waals surface area contributed by atoms with Crippen molar-refractivity contribution >= 4 is 11.6 Å². The van der Waals surface area contributed by atoms with Crippen LogP contribution in [-0.2, 0) is 9.53 Å². The number of amides is 1. The summed E-state index contributed by atoms with van der Waals surface area (Å²) in [6.45, 7) is 2.56. The number of nitrogens with zero attached hydrogens (tertiary/aromatic N) is 2. The van der Waals surface area contributed by atoms with Gasteiger partial charge in [0.25, 0.3) is 0 Å². The van der Waals surface area contributed by atoms with Gasteiger partial charge in [-0.15, -0.1) is 0 Å². The normalized spacial score (nSPS) is 21.4. The highest BCUT2D eigenvalue weighted by Crippen LogP contribution is 2.26. The van der Waals surface area contributed by atoms with Crippen LogP contribution in [0.5, 0.6) is 0 Å². The Morgan fingerprint density at radius 3 is 2.95 bits per heavy atom. The molecule has 3 rings (SSSR count). The molecule has 1 atom stereocenters. The van der Waals surface area contributed by atoms with E-state index in [2.05, 4.69) is 20.5 Å². The van der Waals surface area contributed by atoms with Crippen LogP contribution in [0.4, 0.5) is 5.69 Å². The van der Waals surface area contributed by atoms with Crippen LogP contribution in [0, 0.1) is 6.92 Å². The third-order valence-electron chi connectivity index (χ3n) is 3.52. The number of para-hydroxylation sites is 1. The van der Waals surface area contributed by atoms with Crippen molar-refractivity contribution in [3.63, 3.8) is 0 Å². The lowest BCUT2D eigenvalue weighted by molar-refractivity contribution is -0.121. The van der Waals surface area contributed by atoms with Crippen LogP contribution in [0.3, 0.4) is 0 Å². The molecule has 1 aromatic carbocycles. The molecule has 2 heterocycles. The minimum atomic E-state index is -0.970. The van der Waals surface area contributed by atoms with Crippen LogP contribution in [0.1, 0.15) is 12.2 Å². The number of aryl methyl sites for hydroxylation is 1. The van der Waals surface area contributed by atoms with E-state index in [-0.39, 0.29) is 12.5 Å². The molecule has 0 saturated carbocycles. The first-order valence-electron chi connectivity index (χ1n) is 6.75. The molecule has 21 heavy (non-hydrogen) atoms. The Kier molecular flexibility index (Phi) is 3.44. The van der Waals surface area contributed by atoms with Crippen LogP contribution in [0.15, 0.2) is 24.3 Å². The predicted molar refractivity (Wildman–Crippen MR) is 77.5 cm³/mol. The average Bonchev–Trinajstić information content (AvgIpc) is 3.09. The Morgan fingerprint density at radius 2 is 2.29 bits per heavy atom. The standard InChI is InChI=1S/C14H17N5O2/c1-9-16-12(19-18-9)10-4-2-3-5-11(10)17-13(20)14(15)6-7-21-8-14/h2-5H,6-8,15H2,1H3,(H,17,20)(H,16,18,19).